The summed E-state index contributed by atoms with van der Waals surface area (Å²) in [6.45, 7) is 2.79. The molecule has 8 heteroatoms. The Balaban J connectivity index is 1.70. The third-order valence-corrected chi connectivity index (χ3v) is 6.59. The van der Waals surface area contributed by atoms with Crippen molar-refractivity contribution >= 4 is 15.7 Å². The van der Waals surface area contributed by atoms with E-state index in [0.717, 1.165) is 5.56 Å². The van der Waals surface area contributed by atoms with Crippen molar-refractivity contribution in [1.82, 2.24) is 19.7 Å². The van der Waals surface area contributed by atoms with Crippen LogP contribution in [-0.4, -0.2) is 52.3 Å². The number of rotatable bonds is 3. The van der Waals surface area contributed by atoms with Gasteiger partial charge in [0.1, 0.15) is 6.33 Å². The standard InChI is InChI=1S/C16H20N4O3S/c1-12-4-3-5-13(10-12)15(21)20-8-6-14(7-9-20)24(22,23)16-18-17-11-19(16)2/h3-5,10-11,14H,6-9H2,1-2H3. The van der Waals surface area contributed by atoms with E-state index in [1.54, 1.807) is 18.0 Å². The van der Waals surface area contributed by atoms with E-state index in [0.29, 0.717) is 31.5 Å². The molecule has 1 fully saturated rings. The molecule has 7 nitrogen and oxygen atoms in total. The van der Waals surface area contributed by atoms with Gasteiger partial charge in [-0.3, -0.25) is 4.79 Å². The molecule has 128 valence electrons. The zero-order chi connectivity index (χ0) is 17.3. The van der Waals surface area contributed by atoms with Gasteiger partial charge in [-0.15, -0.1) is 10.2 Å². The van der Waals surface area contributed by atoms with Gasteiger partial charge in [-0.05, 0) is 31.9 Å². The molecule has 0 atom stereocenters. The van der Waals surface area contributed by atoms with Crippen molar-refractivity contribution in [2.75, 3.05) is 13.1 Å². The van der Waals surface area contributed by atoms with Gasteiger partial charge in [0.2, 0.25) is 15.0 Å². The Labute approximate surface area is 141 Å². The zero-order valence-electron chi connectivity index (χ0n) is 13.7. The Hall–Kier alpha value is -2.22. The SMILES string of the molecule is Cc1cccc(C(=O)N2CCC(S(=O)(=O)c3nncn3C)CC2)c1. The Bertz CT molecular complexity index is 852. The van der Waals surface area contributed by atoms with Crippen LogP contribution in [-0.2, 0) is 16.9 Å². The fourth-order valence-corrected chi connectivity index (χ4v) is 4.75. The minimum Gasteiger partial charge on any atom is -0.339 e. The van der Waals surface area contributed by atoms with Crippen molar-refractivity contribution in [3.05, 3.63) is 41.7 Å². The van der Waals surface area contributed by atoms with Crippen LogP contribution in [0.15, 0.2) is 35.7 Å². The van der Waals surface area contributed by atoms with Crippen molar-refractivity contribution < 1.29 is 13.2 Å². The maximum Gasteiger partial charge on any atom is 0.253 e. The van der Waals surface area contributed by atoms with E-state index in [2.05, 4.69) is 10.2 Å². The highest BCUT2D eigenvalue weighted by Crippen LogP contribution is 2.24. The molecule has 2 aromatic rings. The first kappa shape index (κ1) is 16.6. The van der Waals surface area contributed by atoms with Crippen LogP contribution in [0.2, 0.25) is 0 Å². The van der Waals surface area contributed by atoms with E-state index in [4.69, 9.17) is 0 Å². The van der Waals surface area contributed by atoms with Gasteiger partial charge in [0.15, 0.2) is 0 Å². The lowest BCUT2D eigenvalue weighted by molar-refractivity contribution is 0.0725. The number of sulfone groups is 1. The lowest BCUT2D eigenvalue weighted by atomic mass is 10.1. The van der Waals surface area contributed by atoms with Crippen LogP contribution < -0.4 is 0 Å². The van der Waals surface area contributed by atoms with Crippen molar-refractivity contribution in [1.29, 1.82) is 0 Å². The van der Waals surface area contributed by atoms with Crippen molar-refractivity contribution in [2.45, 2.75) is 30.2 Å². The zero-order valence-corrected chi connectivity index (χ0v) is 14.5. The monoisotopic (exact) mass is 348 g/mol. The number of amides is 1. The van der Waals surface area contributed by atoms with Crippen LogP contribution in [0.25, 0.3) is 0 Å². The second-order valence-electron chi connectivity index (χ2n) is 6.13. The van der Waals surface area contributed by atoms with Crippen LogP contribution in [0.5, 0.6) is 0 Å². The highest BCUT2D eigenvalue weighted by atomic mass is 32.2. The van der Waals surface area contributed by atoms with E-state index >= 15 is 0 Å². The molecule has 0 radical (unpaired) electrons. The van der Waals surface area contributed by atoms with Crippen LogP contribution >= 0.6 is 0 Å². The van der Waals surface area contributed by atoms with Gasteiger partial charge in [-0.25, -0.2) is 8.42 Å². The third kappa shape index (κ3) is 3.06. The Kier molecular flexibility index (Phi) is 4.40. The number of carbonyl (C=O) groups excluding carboxylic acids is 1. The van der Waals surface area contributed by atoms with Crippen LogP contribution in [0.3, 0.4) is 0 Å². The number of piperidine rings is 1. The normalized spacial score (nSPS) is 16.3. The van der Waals surface area contributed by atoms with E-state index < -0.39 is 15.1 Å². The summed E-state index contributed by atoms with van der Waals surface area (Å²) in [5, 5.41) is 6.83. The Morgan fingerprint density at radius 1 is 1.25 bits per heavy atom. The second-order valence-corrected chi connectivity index (χ2v) is 8.25. The van der Waals surface area contributed by atoms with Gasteiger partial charge in [0, 0.05) is 25.7 Å². The molecular formula is C16H20N4O3S. The molecule has 0 unspecified atom stereocenters. The summed E-state index contributed by atoms with van der Waals surface area (Å²) >= 11 is 0. The number of carbonyl (C=O) groups is 1. The molecule has 1 saturated heterocycles. The van der Waals surface area contributed by atoms with Crippen LogP contribution in [0, 0.1) is 6.92 Å². The van der Waals surface area contributed by atoms with Crippen LogP contribution in [0.4, 0.5) is 0 Å². The summed E-state index contributed by atoms with van der Waals surface area (Å²) in [4.78, 5) is 14.3. The molecule has 0 bridgehead atoms. The number of nitrogens with zero attached hydrogens (tertiary/aromatic N) is 4. The first-order chi connectivity index (χ1) is 11.4. The molecule has 1 aliphatic rings. The molecule has 0 N–H and O–H groups in total. The average Bonchev–Trinajstić information content (AvgIpc) is 3.01. The molecule has 2 heterocycles. The molecule has 0 saturated carbocycles. The number of benzene rings is 1. The molecule has 1 aromatic heterocycles. The van der Waals surface area contributed by atoms with E-state index in [1.807, 2.05) is 25.1 Å². The van der Waals surface area contributed by atoms with Gasteiger partial charge in [0.05, 0.1) is 5.25 Å². The summed E-state index contributed by atoms with van der Waals surface area (Å²) in [6, 6.07) is 7.44. The largest absolute Gasteiger partial charge is 0.339 e. The summed E-state index contributed by atoms with van der Waals surface area (Å²) in [5.74, 6) is -0.0480. The fraction of sp³-hybridized carbons (Fsp3) is 0.438. The van der Waals surface area contributed by atoms with Crippen LogP contribution in [0.1, 0.15) is 28.8 Å². The molecule has 1 aliphatic heterocycles. The van der Waals surface area contributed by atoms with Crippen molar-refractivity contribution in [3.63, 3.8) is 0 Å². The predicted molar refractivity (Wildman–Crippen MR) is 88.3 cm³/mol. The van der Waals surface area contributed by atoms with Crippen molar-refractivity contribution in [2.24, 2.45) is 7.05 Å². The minimum atomic E-state index is -3.52. The Morgan fingerprint density at radius 2 is 1.96 bits per heavy atom. The number of hydrogen-bond acceptors (Lipinski definition) is 5. The van der Waals surface area contributed by atoms with Gasteiger partial charge in [-0.1, -0.05) is 17.7 Å². The molecule has 3 rings (SSSR count). The molecular weight excluding hydrogens is 328 g/mol. The van der Waals surface area contributed by atoms with Gasteiger partial charge in [0.25, 0.3) is 5.91 Å². The van der Waals surface area contributed by atoms with E-state index in [1.165, 1.54) is 10.9 Å². The fourth-order valence-electron chi connectivity index (χ4n) is 3.01. The minimum absolute atomic E-state index is 0.00837. The smallest absolute Gasteiger partial charge is 0.253 e. The molecule has 1 aromatic carbocycles. The third-order valence-electron chi connectivity index (χ3n) is 4.36. The average molecular weight is 348 g/mol. The molecule has 24 heavy (non-hydrogen) atoms. The highest BCUT2D eigenvalue weighted by Gasteiger charge is 2.35. The number of aryl methyl sites for hydroxylation is 2. The van der Waals surface area contributed by atoms with E-state index in [-0.39, 0.29) is 11.1 Å². The first-order valence-electron chi connectivity index (χ1n) is 7.83. The quantitative estimate of drug-likeness (QED) is 0.832. The maximum atomic E-state index is 12.6. The Morgan fingerprint density at radius 3 is 2.54 bits per heavy atom. The highest BCUT2D eigenvalue weighted by molar-refractivity contribution is 7.91. The topological polar surface area (TPSA) is 85.2 Å². The second kappa shape index (κ2) is 6.35. The molecule has 0 aliphatic carbocycles. The lowest BCUT2D eigenvalue weighted by Crippen LogP contribution is -2.42. The number of hydrogen-bond donors (Lipinski definition) is 0. The van der Waals surface area contributed by atoms with Gasteiger partial charge in [-0.2, -0.15) is 0 Å². The lowest BCUT2D eigenvalue weighted by Gasteiger charge is -2.31. The summed E-state index contributed by atoms with van der Waals surface area (Å²) < 4.78 is 26.7. The predicted octanol–water partition coefficient (Wildman–Crippen LogP) is 1.20. The maximum absolute atomic E-state index is 12.6. The van der Waals surface area contributed by atoms with Crippen molar-refractivity contribution in [3.8, 4) is 0 Å². The molecule has 1 amide bonds. The first-order valence-corrected chi connectivity index (χ1v) is 9.38. The number of aromatic nitrogens is 3. The summed E-state index contributed by atoms with van der Waals surface area (Å²) in [7, 11) is -1.90. The molecule has 0 spiro atoms. The summed E-state index contributed by atoms with van der Waals surface area (Å²) in [6.07, 6.45) is 2.20. The van der Waals surface area contributed by atoms with Gasteiger partial charge >= 0.3 is 0 Å². The number of likely N-dealkylation sites (tertiary alicyclic amines) is 1. The van der Waals surface area contributed by atoms with E-state index in [9.17, 15) is 13.2 Å². The van der Waals surface area contributed by atoms with Gasteiger partial charge < -0.3 is 9.47 Å². The summed E-state index contributed by atoms with van der Waals surface area (Å²) in [5.41, 5.74) is 1.67.